The van der Waals surface area contributed by atoms with Gasteiger partial charge in [0.05, 0.1) is 11.8 Å². The van der Waals surface area contributed by atoms with Crippen LogP contribution >= 0.6 is 11.3 Å². The van der Waals surface area contributed by atoms with Crippen LogP contribution in [0.4, 0.5) is 15.2 Å². The third kappa shape index (κ3) is 2.78. The van der Waals surface area contributed by atoms with Crippen molar-refractivity contribution in [1.82, 2.24) is 4.98 Å². The van der Waals surface area contributed by atoms with E-state index >= 15 is 0 Å². The van der Waals surface area contributed by atoms with Gasteiger partial charge in [-0.1, -0.05) is 17.4 Å². The lowest BCUT2D eigenvalue weighted by atomic mass is 10.2. The fourth-order valence-corrected chi connectivity index (χ4v) is 4.02. The minimum absolute atomic E-state index is 0.244. The smallest absolute Gasteiger partial charge is 0.186 e. The summed E-state index contributed by atoms with van der Waals surface area (Å²) in [5, 5.41) is 0.907. The Balaban J connectivity index is 1.47. The van der Waals surface area contributed by atoms with Crippen molar-refractivity contribution in [2.45, 2.75) is 0 Å². The van der Waals surface area contributed by atoms with E-state index in [9.17, 15) is 4.39 Å². The number of hydrogen-bond donors (Lipinski definition) is 0. The van der Waals surface area contributed by atoms with E-state index < -0.39 is 0 Å². The van der Waals surface area contributed by atoms with Crippen LogP contribution < -0.4 is 14.5 Å². The first-order valence-corrected chi connectivity index (χ1v) is 8.75. The molecule has 0 bridgehead atoms. The summed E-state index contributed by atoms with van der Waals surface area (Å²) in [6.07, 6.45) is 0. The van der Waals surface area contributed by atoms with Crippen molar-refractivity contribution in [2.24, 2.45) is 0 Å². The average molecular weight is 343 g/mol. The van der Waals surface area contributed by atoms with Crippen LogP contribution in [0.2, 0.25) is 0 Å². The number of halogens is 1. The van der Waals surface area contributed by atoms with Crippen molar-refractivity contribution in [3.8, 4) is 5.75 Å². The predicted octanol–water partition coefficient (Wildman–Crippen LogP) is 3.77. The first kappa shape index (κ1) is 15.2. The number of fused-ring (bicyclic) bond motifs is 1. The van der Waals surface area contributed by atoms with Crippen LogP contribution in [-0.4, -0.2) is 38.3 Å². The summed E-state index contributed by atoms with van der Waals surface area (Å²) in [6, 6.07) is 13.3. The Morgan fingerprint density at radius 2 is 1.71 bits per heavy atom. The zero-order chi connectivity index (χ0) is 16.5. The lowest BCUT2D eigenvalue weighted by Crippen LogP contribution is -2.46. The molecule has 1 aromatic heterocycles. The van der Waals surface area contributed by atoms with Gasteiger partial charge in [0.15, 0.2) is 5.13 Å². The van der Waals surface area contributed by atoms with E-state index in [1.54, 1.807) is 24.5 Å². The second-order valence-corrected chi connectivity index (χ2v) is 6.76. The molecule has 1 fully saturated rings. The molecule has 0 aliphatic carbocycles. The maximum Gasteiger partial charge on any atom is 0.186 e. The highest BCUT2D eigenvalue weighted by Crippen LogP contribution is 2.31. The third-order valence-electron chi connectivity index (χ3n) is 4.35. The number of thiazole rings is 1. The lowest BCUT2D eigenvalue weighted by molar-refractivity contribution is 0.415. The summed E-state index contributed by atoms with van der Waals surface area (Å²) in [6.45, 7) is 3.61. The highest BCUT2D eigenvalue weighted by molar-refractivity contribution is 7.22. The molecule has 0 saturated carbocycles. The van der Waals surface area contributed by atoms with Gasteiger partial charge in [-0.3, -0.25) is 0 Å². The van der Waals surface area contributed by atoms with Gasteiger partial charge in [0.1, 0.15) is 17.1 Å². The monoisotopic (exact) mass is 343 g/mol. The number of para-hydroxylation sites is 1. The van der Waals surface area contributed by atoms with Crippen LogP contribution in [0, 0.1) is 5.82 Å². The Hall–Kier alpha value is -2.34. The number of piperazine rings is 1. The van der Waals surface area contributed by atoms with Gasteiger partial charge >= 0.3 is 0 Å². The molecule has 0 atom stereocenters. The molecule has 4 nitrogen and oxygen atoms in total. The maximum atomic E-state index is 13.8. The molecule has 0 amide bonds. The number of benzene rings is 2. The number of methoxy groups -OCH3 is 1. The molecule has 3 aromatic rings. The van der Waals surface area contributed by atoms with E-state index in [-0.39, 0.29) is 5.82 Å². The minimum atomic E-state index is -0.244. The van der Waals surface area contributed by atoms with E-state index in [2.05, 4.69) is 26.9 Å². The molecule has 0 spiro atoms. The molecule has 1 aliphatic rings. The van der Waals surface area contributed by atoms with E-state index in [1.165, 1.54) is 11.8 Å². The van der Waals surface area contributed by atoms with Gasteiger partial charge in [-0.15, -0.1) is 0 Å². The predicted molar refractivity (Wildman–Crippen MR) is 97.0 cm³/mol. The molecule has 0 radical (unpaired) electrons. The van der Waals surface area contributed by atoms with Crippen molar-refractivity contribution < 1.29 is 9.13 Å². The first-order chi connectivity index (χ1) is 11.7. The van der Waals surface area contributed by atoms with Crippen molar-refractivity contribution in [1.29, 1.82) is 0 Å². The van der Waals surface area contributed by atoms with Crippen molar-refractivity contribution >= 4 is 32.4 Å². The molecule has 0 unspecified atom stereocenters. The van der Waals surface area contributed by atoms with E-state index in [4.69, 9.17) is 4.74 Å². The highest BCUT2D eigenvalue weighted by Gasteiger charge is 2.20. The fourth-order valence-electron chi connectivity index (χ4n) is 2.99. The van der Waals surface area contributed by atoms with Crippen LogP contribution in [0.3, 0.4) is 0 Å². The Kier molecular flexibility index (Phi) is 3.98. The van der Waals surface area contributed by atoms with E-state index in [1.807, 2.05) is 18.2 Å². The molecule has 24 heavy (non-hydrogen) atoms. The Morgan fingerprint density at radius 1 is 1.00 bits per heavy atom. The number of aromatic nitrogens is 1. The molecule has 4 rings (SSSR count). The molecule has 6 heteroatoms. The average Bonchev–Trinajstić information content (AvgIpc) is 3.08. The lowest BCUT2D eigenvalue weighted by Gasteiger charge is -2.36. The number of hydrogen-bond acceptors (Lipinski definition) is 5. The zero-order valence-corrected chi connectivity index (χ0v) is 14.2. The van der Waals surface area contributed by atoms with E-state index in [0.29, 0.717) is 5.52 Å². The second-order valence-electron chi connectivity index (χ2n) is 5.76. The first-order valence-electron chi connectivity index (χ1n) is 7.93. The summed E-state index contributed by atoms with van der Waals surface area (Å²) in [5.74, 6) is 0.626. The Labute approximate surface area is 144 Å². The second kappa shape index (κ2) is 6.28. The van der Waals surface area contributed by atoms with Gasteiger partial charge < -0.3 is 14.5 Å². The Morgan fingerprint density at radius 3 is 2.38 bits per heavy atom. The summed E-state index contributed by atoms with van der Waals surface area (Å²) in [7, 11) is 1.68. The van der Waals surface area contributed by atoms with Crippen LogP contribution in [0.5, 0.6) is 5.75 Å². The third-order valence-corrected chi connectivity index (χ3v) is 5.43. The van der Waals surface area contributed by atoms with Gasteiger partial charge in [-0.05, 0) is 36.4 Å². The van der Waals surface area contributed by atoms with Gasteiger partial charge in [-0.2, -0.15) is 0 Å². The molecule has 1 aliphatic heterocycles. The number of rotatable bonds is 3. The van der Waals surface area contributed by atoms with Gasteiger partial charge in [0, 0.05) is 31.9 Å². The standard InChI is InChI=1S/C18H18FN3OS/c1-23-14-7-5-13(6-8-14)21-9-11-22(12-10-21)18-20-17-15(19)3-2-4-16(17)24-18/h2-8H,9-12H2,1H3. The number of ether oxygens (including phenoxy) is 1. The molecule has 0 N–H and O–H groups in total. The van der Waals surface area contributed by atoms with Crippen molar-refractivity contribution in [3.05, 3.63) is 48.3 Å². The molecule has 1 saturated heterocycles. The van der Waals surface area contributed by atoms with Crippen LogP contribution in [0.15, 0.2) is 42.5 Å². The van der Waals surface area contributed by atoms with Crippen LogP contribution in [0.25, 0.3) is 10.2 Å². The number of nitrogens with zero attached hydrogens (tertiary/aromatic N) is 3. The summed E-state index contributed by atoms with van der Waals surface area (Å²) in [4.78, 5) is 9.08. The Bertz CT molecular complexity index is 841. The number of anilines is 2. The SMILES string of the molecule is COc1ccc(N2CCN(c3nc4c(F)cccc4s3)CC2)cc1. The minimum Gasteiger partial charge on any atom is -0.497 e. The van der Waals surface area contributed by atoms with Crippen LogP contribution in [-0.2, 0) is 0 Å². The molecule has 124 valence electrons. The zero-order valence-electron chi connectivity index (χ0n) is 13.4. The largest absolute Gasteiger partial charge is 0.497 e. The highest BCUT2D eigenvalue weighted by atomic mass is 32.1. The molecule has 2 aromatic carbocycles. The van der Waals surface area contributed by atoms with E-state index in [0.717, 1.165) is 41.8 Å². The summed E-state index contributed by atoms with van der Waals surface area (Å²) < 4.78 is 19.9. The molecular weight excluding hydrogens is 325 g/mol. The van der Waals surface area contributed by atoms with Gasteiger partial charge in [-0.25, -0.2) is 9.37 Å². The maximum absolute atomic E-state index is 13.8. The normalized spacial score (nSPS) is 15.1. The summed E-state index contributed by atoms with van der Waals surface area (Å²) >= 11 is 1.56. The fraction of sp³-hybridized carbons (Fsp3) is 0.278. The molecule has 2 heterocycles. The van der Waals surface area contributed by atoms with Gasteiger partial charge in [0.25, 0.3) is 0 Å². The molecular formula is C18H18FN3OS. The topological polar surface area (TPSA) is 28.6 Å². The van der Waals surface area contributed by atoms with Gasteiger partial charge in [0.2, 0.25) is 0 Å². The van der Waals surface area contributed by atoms with Crippen molar-refractivity contribution in [3.63, 3.8) is 0 Å². The van der Waals surface area contributed by atoms with Crippen molar-refractivity contribution in [2.75, 3.05) is 43.1 Å². The quantitative estimate of drug-likeness (QED) is 0.724. The van der Waals surface area contributed by atoms with Crippen LogP contribution in [0.1, 0.15) is 0 Å². The summed E-state index contributed by atoms with van der Waals surface area (Å²) in [5.41, 5.74) is 1.68.